The Labute approximate surface area is 183 Å². The fourth-order valence-electron chi connectivity index (χ4n) is 3.11. The molecule has 4 rings (SSSR count). The lowest BCUT2D eigenvalue weighted by Gasteiger charge is -2.12. The molecule has 0 radical (unpaired) electrons. The molecular formula is C22H22N4O2S2. The molecule has 0 aliphatic carbocycles. The summed E-state index contributed by atoms with van der Waals surface area (Å²) in [5.41, 5.74) is 4.05. The molecule has 2 aromatic carbocycles. The first-order valence-corrected chi connectivity index (χ1v) is 11.1. The van der Waals surface area contributed by atoms with Crippen LogP contribution in [0.1, 0.15) is 29.1 Å². The fourth-order valence-corrected chi connectivity index (χ4v) is 5.07. The highest BCUT2D eigenvalue weighted by Gasteiger charge is 2.18. The van der Waals surface area contributed by atoms with Crippen LogP contribution in [-0.4, -0.2) is 23.1 Å². The summed E-state index contributed by atoms with van der Waals surface area (Å²) < 4.78 is 6.20. The van der Waals surface area contributed by atoms with Gasteiger partial charge in [0, 0.05) is 5.56 Å². The molecule has 6 nitrogen and oxygen atoms in total. The van der Waals surface area contributed by atoms with Gasteiger partial charge in [-0.1, -0.05) is 41.2 Å². The van der Waals surface area contributed by atoms with E-state index in [0.29, 0.717) is 5.13 Å². The van der Waals surface area contributed by atoms with Gasteiger partial charge < -0.3 is 10.1 Å². The largest absolute Gasteiger partial charge is 0.497 e. The maximum absolute atomic E-state index is 12.5. The number of benzene rings is 2. The van der Waals surface area contributed by atoms with E-state index in [0.717, 1.165) is 37.1 Å². The van der Waals surface area contributed by atoms with E-state index in [1.54, 1.807) is 18.4 Å². The Morgan fingerprint density at radius 2 is 1.83 bits per heavy atom. The van der Waals surface area contributed by atoms with Gasteiger partial charge in [0.25, 0.3) is 0 Å². The normalized spacial score (nSPS) is 12.0. The van der Waals surface area contributed by atoms with E-state index in [9.17, 15) is 4.79 Å². The average Bonchev–Trinajstić information content (AvgIpc) is 3.30. The monoisotopic (exact) mass is 438 g/mol. The molecule has 154 valence electrons. The number of nitrogens with one attached hydrogen (secondary N) is 2. The van der Waals surface area contributed by atoms with E-state index in [1.807, 2.05) is 32.0 Å². The van der Waals surface area contributed by atoms with Crippen LogP contribution in [0.4, 0.5) is 9.93 Å². The molecule has 0 fully saturated rings. The number of aryl methyl sites for hydroxylation is 2. The number of aromatic nitrogens is 2. The third kappa shape index (κ3) is 4.29. The Hall–Kier alpha value is -2.97. The minimum absolute atomic E-state index is 0.170. The van der Waals surface area contributed by atoms with Crippen molar-refractivity contribution in [2.45, 2.75) is 26.8 Å². The summed E-state index contributed by atoms with van der Waals surface area (Å²) in [6, 6.07) is 13.5. The second kappa shape index (κ2) is 8.41. The van der Waals surface area contributed by atoms with E-state index in [1.165, 1.54) is 16.9 Å². The number of ether oxygens (including phenoxy) is 1. The summed E-state index contributed by atoms with van der Waals surface area (Å²) in [5.74, 6) is 0.765. The molecule has 0 aliphatic rings. The Morgan fingerprint density at radius 3 is 2.57 bits per heavy atom. The molecule has 0 saturated carbocycles. The van der Waals surface area contributed by atoms with Crippen molar-refractivity contribution >= 4 is 44.1 Å². The van der Waals surface area contributed by atoms with Crippen molar-refractivity contribution in [1.82, 2.24) is 15.3 Å². The Kier molecular flexibility index (Phi) is 5.69. The number of carbonyl (C=O) groups is 1. The van der Waals surface area contributed by atoms with Crippen LogP contribution in [0.25, 0.3) is 20.8 Å². The zero-order chi connectivity index (χ0) is 21.3. The predicted octanol–water partition coefficient (Wildman–Crippen LogP) is 5.93. The highest BCUT2D eigenvalue weighted by molar-refractivity contribution is 7.22. The Bertz CT molecular complexity index is 1200. The van der Waals surface area contributed by atoms with Gasteiger partial charge in [0.15, 0.2) is 5.13 Å². The van der Waals surface area contributed by atoms with Crippen molar-refractivity contribution in [2.75, 3.05) is 12.4 Å². The van der Waals surface area contributed by atoms with Crippen molar-refractivity contribution in [3.63, 3.8) is 0 Å². The van der Waals surface area contributed by atoms with Crippen LogP contribution in [0.2, 0.25) is 0 Å². The molecule has 0 aliphatic heterocycles. The lowest BCUT2D eigenvalue weighted by Crippen LogP contribution is -2.31. The zero-order valence-electron chi connectivity index (χ0n) is 17.1. The Balaban J connectivity index is 1.45. The maximum Gasteiger partial charge on any atom is 0.321 e. The standard InChI is InChI=1S/C22H22N4O2S2/c1-12-5-7-15(8-6-12)20-23-13(2)19(30-20)14(3)24-21(27)26-22-25-17-10-9-16(28-4)11-18(17)29-22/h5-11,14H,1-4H3,(H2,24,25,26,27). The smallest absolute Gasteiger partial charge is 0.321 e. The molecule has 2 N–H and O–H groups in total. The molecule has 2 amide bonds. The van der Waals surface area contributed by atoms with Gasteiger partial charge in [-0.05, 0) is 39.0 Å². The number of urea groups is 1. The van der Waals surface area contributed by atoms with Gasteiger partial charge in [0.05, 0.1) is 33.9 Å². The van der Waals surface area contributed by atoms with Crippen LogP contribution in [0.5, 0.6) is 5.75 Å². The van der Waals surface area contributed by atoms with Crippen molar-refractivity contribution in [1.29, 1.82) is 0 Å². The van der Waals surface area contributed by atoms with Gasteiger partial charge in [-0.15, -0.1) is 11.3 Å². The van der Waals surface area contributed by atoms with Gasteiger partial charge in [0.1, 0.15) is 10.8 Å². The molecule has 30 heavy (non-hydrogen) atoms. The molecule has 8 heteroatoms. The zero-order valence-corrected chi connectivity index (χ0v) is 18.8. The van der Waals surface area contributed by atoms with E-state index >= 15 is 0 Å². The second-order valence-electron chi connectivity index (χ2n) is 7.01. The second-order valence-corrected chi connectivity index (χ2v) is 9.07. The van der Waals surface area contributed by atoms with Crippen molar-refractivity contribution in [2.24, 2.45) is 0 Å². The highest BCUT2D eigenvalue weighted by Crippen LogP contribution is 2.32. The van der Waals surface area contributed by atoms with Gasteiger partial charge in [0.2, 0.25) is 0 Å². The number of anilines is 1. The quantitative estimate of drug-likeness (QED) is 0.405. The van der Waals surface area contributed by atoms with Crippen LogP contribution in [-0.2, 0) is 0 Å². The summed E-state index contributed by atoms with van der Waals surface area (Å²) in [6.07, 6.45) is 0. The third-order valence-electron chi connectivity index (χ3n) is 4.69. The van der Waals surface area contributed by atoms with E-state index < -0.39 is 0 Å². The summed E-state index contributed by atoms with van der Waals surface area (Å²) in [5, 5.41) is 7.32. The van der Waals surface area contributed by atoms with Gasteiger partial charge in [-0.25, -0.2) is 14.8 Å². The molecule has 1 unspecified atom stereocenters. The molecule has 0 saturated heterocycles. The summed E-state index contributed by atoms with van der Waals surface area (Å²) >= 11 is 3.01. The summed E-state index contributed by atoms with van der Waals surface area (Å²) in [6.45, 7) is 6.00. The SMILES string of the molecule is COc1ccc2nc(NC(=O)NC(C)c3sc(-c4ccc(C)cc4)nc3C)sc2c1. The van der Waals surface area contributed by atoms with Gasteiger partial charge in [-0.3, -0.25) is 5.32 Å². The van der Waals surface area contributed by atoms with Crippen LogP contribution >= 0.6 is 22.7 Å². The number of hydrogen-bond donors (Lipinski definition) is 2. The van der Waals surface area contributed by atoms with Crippen molar-refractivity contribution in [3.05, 3.63) is 58.6 Å². The number of amides is 2. The van der Waals surface area contributed by atoms with Crippen molar-refractivity contribution < 1.29 is 9.53 Å². The van der Waals surface area contributed by atoms with E-state index in [4.69, 9.17) is 9.72 Å². The molecule has 2 heterocycles. The number of methoxy groups -OCH3 is 1. The lowest BCUT2D eigenvalue weighted by atomic mass is 10.2. The van der Waals surface area contributed by atoms with Gasteiger partial charge in [-0.2, -0.15) is 0 Å². The first-order chi connectivity index (χ1) is 14.4. The number of hydrogen-bond acceptors (Lipinski definition) is 6. The number of thiazole rings is 2. The van der Waals surface area contributed by atoms with Crippen LogP contribution in [0.15, 0.2) is 42.5 Å². The van der Waals surface area contributed by atoms with Crippen LogP contribution in [0.3, 0.4) is 0 Å². The molecule has 0 bridgehead atoms. The fraction of sp³-hybridized carbons (Fsp3) is 0.227. The topological polar surface area (TPSA) is 76.1 Å². The molecule has 2 aromatic heterocycles. The summed E-state index contributed by atoms with van der Waals surface area (Å²) in [7, 11) is 1.63. The van der Waals surface area contributed by atoms with E-state index in [2.05, 4.69) is 46.8 Å². The third-order valence-corrected chi connectivity index (χ3v) is 7.01. The van der Waals surface area contributed by atoms with Gasteiger partial charge >= 0.3 is 6.03 Å². The molecule has 4 aromatic rings. The van der Waals surface area contributed by atoms with Crippen LogP contribution < -0.4 is 15.4 Å². The molecule has 1 atom stereocenters. The first-order valence-electron chi connectivity index (χ1n) is 9.49. The first kappa shape index (κ1) is 20.3. The van der Waals surface area contributed by atoms with Crippen molar-refractivity contribution in [3.8, 4) is 16.3 Å². The summed E-state index contributed by atoms with van der Waals surface area (Å²) in [4.78, 5) is 22.7. The minimum Gasteiger partial charge on any atom is -0.497 e. The number of nitrogens with zero attached hydrogens (tertiary/aromatic N) is 2. The molecular weight excluding hydrogens is 416 g/mol. The van der Waals surface area contributed by atoms with E-state index in [-0.39, 0.29) is 12.1 Å². The maximum atomic E-state index is 12.5. The Morgan fingerprint density at radius 1 is 1.07 bits per heavy atom. The number of fused-ring (bicyclic) bond motifs is 1. The number of carbonyl (C=O) groups excluding carboxylic acids is 1. The predicted molar refractivity (Wildman–Crippen MR) is 124 cm³/mol. The number of rotatable bonds is 5. The molecule has 0 spiro atoms. The van der Waals surface area contributed by atoms with Crippen LogP contribution in [0, 0.1) is 13.8 Å². The minimum atomic E-state index is -0.293. The lowest BCUT2D eigenvalue weighted by molar-refractivity contribution is 0.249. The highest BCUT2D eigenvalue weighted by atomic mass is 32.1. The average molecular weight is 439 g/mol.